The highest BCUT2D eigenvalue weighted by Gasteiger charge is 2.22. The Bertz CT molecular complexity index is 305. The third-order valence-corrected chi connectivity index (χ3v) is 4.28. The summed E-state index contributed by atoms with van der Waals surface area (Å²) >= 11 is 2.04. The van der Waals surface area contributed by atoms with Gasteiger partial charge in [-0.05, 0) is 42.2 Å². The first kappa shape index (κ1) is 11.0. The summed E-state index contributed by atoms with van der Waals surface area (Å²) in [5.74, 6) is 3.30. The van der Waals surface area contributed by atoms with Gasteiger partial charge in [0.25, 0.3) is 0 Å². The van der Waals surface area contributed by atoms with Gasteiger partial charge in [0, 0.05) is 19.3 Å². The van der Waals surface area contributed by atoms with Gasteiger partial charge in [0.15, 0.2) is 0 Å². The predicted octanol–water partition coefficient (Wildman–Crippen LogP) is 1.43. The Balaban J connectivity index is 1.77. The zero-order valence-electron chi connectivity index (χ0n) is 9.22. The molecule has 2 unspecified atom stereocenters. The molecule has 1 aromatic rings. The largest absolute Gasteiger partial charge is 0.327 e. The molecule has 0 aliphatic carbocycles. The van der Waals surface area contributed by atoms with Crippen LogP contribution < -0.4 is 5.73 Å². The minimum Gasteiger partial charge on any atom is -0.327 e. The van der Waals surface area contributed by atoms with Gasteiger partial charge in [-0.1, -0.05) is 0 Å². The van der Waals surface area contributed by atoms with Crippen molar-refractivity contribution in [2.45, 2.75) is 25.3 Å². The van der Waals surface area contributed by atoms with Gasteiger partial charge in [0.2, 0.25) is 0 Å². The maximum Gasteiger partial charge on any atom is 0.0521 e. The fraction of sp³-hybridized carbons (Fsp3) is 0.727. The first-order valence-electron chi connectivity index (χ1n) is 5.56. The fourth-order valence-corrected chi connectivity index (χ4v) is 3.41. The van der Waals surface area contributed by atoms with Crippen molar-refractivity contribution in [2.75, 3.05) is 11.5 Å². The Labute approximate surface area is 95.4 Å². The molecule has 4 heteroatoms. The summed E-state index contributed by atoms with van der Waals surface area (Å²) < 4.78 is 1.85. The molecular formula is C11H19N3S. The molecule has 0 amide bonds. The van der Waals surface area contributed by atoms with Crippen LogP contribution in [0.1, 0.15) is 18.4 Å². The molecule has 1 aliphatic rings. The second-order valence-corrected chi connectivity index (χ2v) is 5.50. The Morgan fingerprint density at radius 2 is 2.60 bits per heavy atom. The van der Waals surface area contributed by atoms with Crippen LogP contribution in [0.15, 0.2) is 12.4 Å². The lowest BCUT2D eigenvalue weighted by atomic mass is 9.95. The van der Waals surface area contributed by atoms with E-state index in [1.54, 1.807) is 0 Å². The Hall–Kier alpha value is -0.480. The van der Waals surface area contributed by atoms with Crippen LogP contribution in [0.5, 0.6) is 0 Å². The van der Waals surface area contributed by atoms with Gasteiger partial charge in [-0.25, -0.2) is 0 Å². The van der Waals surface area contributed by atoms with E-state index in [0.717, 1.165) is 18.8 Å². The standard InChI is InChI=1S/C11H19N3S/c1-14-7-9(6-13-14)2-3-11(12)10-4-5-15-8-10/h6-7,10-11H,2-5,8,12H2,1H3. The SMILES string of the molecule is Cn1cc(CCC(N)C2CCSC2)cn1. The molecule has 2 atom stereocenters. The number of hydrogen-bond donors (Lipinski definition) is 1. The molecular weight excluding hydrogens is 206 g/mol. The van der Waals surface area contributed by atoms with Crippen LogP contribution in [0.2, 0.25) is 0 Å². The van der Waals surface area contributed by atoms with Gasteiger partial charge in [-0.3, -0.25) is 4.68 Å². The Kier molecular flexibility index (Phi) is 3.70. The summed E-state index contributed by atoms with van der Waals surface area (Å²) in [5, 5.41) is 4.16. The molecule has 2 heterocycles. The van der Waals surface area contributed by atoms with Crippen LogP contribution >= 0.6 is 11.8 Å². The van der Waals surface area contributed by atoms with Crippen LogP contribution in [0, 0.1) is 5.92 Å². The molecule has 0 bridgehead atoms. The molecule has 0 spiro atoms. The summed E-state index contributed by atoms with van der Waals surface area (Å²) in [4.78, 5) is 0. The van der Waals surface area contributed by atoms with E-state index < -0.39 is 0 Å². The zero-order valence-corrected chi connectivity index (χ0v) is 10.0. The maximum absolute atomic E-state index is 6.19. The lowest BCUT2D eigenvalue weighted by Gasteiger charge is -2.17. The first-order valence-corrected chi connectivity index (χ1v) is 6.72. The lowest BCUT2D eigenvalue weighted by Crippen LogP contribution is -2.30. The number of nitrogens with zero attached hydrogens (tertiary/aromatic N) is 2. The number of aromatic nitrogens is 2. The third-order valence-electron chi connectivity index (χ3n) is 3.10. The van der Waals surface area contributed by atoms with Gasteiger partial charge >= 0.3 is 0 Å². The highest BCUT2D eigenvalue weighted by atomic mass is 32.2. The normalized spacial score (nSPS) is 23.2. The molecule has 2 N–H and O–H groups in total. The average Bonchev–Trinajstić information content (AvgIpc) is 2.84. The van der Waals surface area contributed by atoms with Gasteiger partial charge < -0.3 is 5.73 Å². The summed E-state index contributed by atoms with van der Waals surface area (Å²) in [6.45, 7) is 0. The van der Waals surface area contributed by atoms with E-state index in [2.05, 4.69) is 11.3 Å². The summed E-state index contributed by atoms with van der Waals surface area (Å²) in [7, 11) is 1.96. The highest BCUT2D eigenvalue weighted by molar-refractivity contribution is 7.99. The molecule has 1 saturated heterocycles. The molecule has 2 rings (SSSR count). The van der Waals surface area contributed by atoms with E-state index in [4.69, 9.17) is 5.73 Å². The van der Waals surface area contributed by atoms with Gasteiger partial charge in [0.1, 0.15) is 0 Å². The number of aryl methyl sites for hydroxylation is 2. The van der Waals surface area contributed by atoms with Crippen molar-refractivity contribution in [2.24, 2.45) is 18.7 Å². The minimum absolute atomic E-state index is 0.375. The molecule has 0 saturated carbocycles. The van der Waals surface area contributed by atoms with Crippen LogP contribution in [0.25, 0.3) is 0 Å². The molecule has 1 aromatic heterocycles. The number of nitrogens with two attached hydrogens (primary N) is 1. The van der Waals surface area contributed by atoms with Crippen molar-refractivity contribution < 1.29 is 0 Å². The Morgan fingerprint density at radius 1 is 1.73 bits per heavy atom. The summed E-state index contributed by atoms with van der Waals surface area (Å²) in [6, 6.07) is 0.375. The summed E-state index contributed by atoms with van der Waals surface area (Å²) in [6.07, 6.45) is 7.48. The highest BCUT2D eigenvalue weighted by Crippen LogP contribution is 2.26. The lowest BCUT2D eigenvalue weighted by molar-refractivity contribution is 0.440. The molecule has 3 nitrogen and oxygen atoms in total. The van der Waals surface area contributed by atoms with E-state index in [1.807, 2.05) is 29.7 Å². The van der Waals surface area contributed by atoms with Crippen molar-refractivity contribution in [3.8, 4) is 0 Å². The van der Waals surface area contributed by atoms with Gasteiger partial charge in [-0.2, -0.15) is 16.9 Å². The number of rotatable bonds is 4. The van der Waals surface area contributed by atoms with Crippen molar-refractivity contribution in [1.29, 1.82) is 0 Å². The quantitative estimate of drug-likeness (QED) is 0.843. The molecule has 0 radical (unpaired) electrons. The second kappa shape index (κ2) is 5.03. The fourth-order valence-electron chi connectivity index (χ4n) is 2.06. The zero-order chi connectivity index (χ0) is 10.7. The minimum atomic E-state index is 0.375. The molecule has 84 valence electrons. The topological polar surface area (TPSA) is 43.8 Å². The van der Waals surface area contributed by atoms with Crippen LogP contribution in [-0.4, -0.2) is 27.3 Å². The van der Waals surface area contributed by atoms with E-state index in [9.17, 15) is 0 Å². The third kappa shape index (κ3) is 2.98. The van der Waals surface area contributed by atoms with Gasteiger partial charge in [-0.15, -0.1) is 0 Å². The molecule has 1 aliphatic heterocycles. The van der Waals surface area contributed by atoms with Crippen molar-refractivity contribution in [3.63, 3.8) is 0 Å². The van der Waals surface area contributed by atoms with E-state index in [-0.39, 0.29) is 0 Å². The summed E-state index contributed by atoms with van der Waals surface area (Å²) in [5.41, 5.74) is 7.50. The molecule has 15 heavy (non-hydrogen) atoms. The van der Waals surface area contributed by atoms with Crippen molar-refractivity contribution in [3.05, 3.63) is 18.0 Å². The smallest absolute Gasteiger partial charge is 0.0521 e. The second-order valence-electron chi connectivity index (χ2n) is 4.35. The van der Waals surface area contributed by atoms with E-state index in [0.29, 0.717) is 6.04 Å². The van der Waals surface area contributed by atoms with Crippen molar-refractivity contribution >= 4 is 11.8 Å². The van der Waals surface area contributed by atoms with E-state index >= 15 is 0 Å². The first-order chi connectivity index (χ1) is 7.25. The average molecular weight is 225 g/mol. The van der Waals surface area contributed by atoms with Crippen LogP contribution in [-0.2, 0) is 13.5 Å². The van der Waals surface area contributed by atoms with Crippen molar-refractivity contribution in [1.82, 2.24) is 9.78 Å². The van der Waals surface area contributed by atoms with Crippen LogP contribution in [0.3, 0.4) is 0 Å². The Morgan fingerprint density at radius 3 is 3.20 bits per heavy atom. The molecule has 0 aromatic carbocycles. The predicted molar refractivity (Wildman–Crippen MR) is 64.9 cm³/mol. The van der Waals surface area contributed by atoms with Gasteiger partial charge in [0.05, 0.1) is 6.20 Å². The number of hydrogen-bond acceptors (Lipinski definition) is 3. The number of thioether (sulfide) groups is 1. The van der Waals surface area contributed by atoms with E-state index in [1.165, 1.54) is 23.5 Å². The monoisotopic (exact) mass is 225 g/mol. The van der Waals surface area contributed by atoms with Crippen LogP contribution in [0.4, 0.5) is 0 Å². The maximum atomic E-state index is 6.19. The molecule has 1 fully saturated rings.